The van der Waals surface area contributed by atoms with Crippen molar-refractivity contribution in [1.82, 2.24) is 0 Å². The van der Waals surface area contributed by atoms with Gasteiger partial charge in [-0.05, 0) is 62.7 Å². The first-order valence-electron chi connectivity index (χ1n) is 9.77. The number of anilines is 1. The first kappa shape index (κ1) is 22.1. The number of methoxy groups -OCH3 is 1. The number of ether oxygens (including phenoxy) is 1. The molecule has 1 aliphatic carbocycles. The van der Waals surface area contributed by atoms with Gasteiger partial charge in [0.15, 0.2) is 5.78 Å². The Morgan fingerprint density at radius 1 is 1.10 bits per heavy atom. The molecular formula is C24H26ClNO4. The third-order valence-corrected chi connectivity index (χ3v) is 5.86. The quantitative estimate of drug-likeness (QED) is 0.695. The van der Waals surface area contributed by atoms with Crippen LogP contribution in [-0.2, 0) is 9.59 Å². The summed E-state index contributed by atoms with van der Waals surface area (Å²) in [5, 5.41) is 15.1. The second kappa shape index (κ2) is 8.62. The smallest absolute Gasteiger partial charge is 0.158 e. The third kappa shape index (κ3) is 4.42. The molecule has 0 bridgehead atoms. The zero-order chi connectivity index (χ0) is 22.1. The zero-order valence-electron chi connectivity index (χ0n) is 17.5. The Bertz CT molecular complexity index is 977. The van der Waals surface area contributed by atoms with Crippen LogP contribution in [-0.4, -0.2) is 29.4 Å². The maximum Gasteiger partial charge on any atom is 0.158 e. The van der Waals surface area contributed by atoms with Crippen LogP contribution in [0.5, 0.6) is 5.75 Å². The summed E-state index contributed by atoms with van der Waals surface area (Å²) in [7, 11) is 1.59. The molecule has 0 fully saturated rings. The van der Waals surface area contributed by atoms with Gasteiger partial charge >= 0.3 is 0 Å². The number of nitrogens with one attached hydrogen (secondary N) is 1. The third-order valence-electron chi connectivity index (χ3n) is 5.61. The fraction of sp³-hybridized carbons (Fsp3) is 0.333. The number of ketones is 2. The molecule has 0 spiro atoms. The minimum atomic E-state index is -1.33. The summed E-state index contributed by atoms with van der Waals surface area (Å²) in [4.78, 5) is 25.4. The van der Waals surface area contributed by atoms with E-state index < -0.39 is 17.4 Å². The Labute approximate surface area is 181 Å². The molecule has 0 saturated heterocycles. The summed E-state index contributed by atoms with van der Waals surface area (Å²) >= 11 is 6.05. The number of carbonyl (C=O) groups is 2. The molecule has 5 nitrogen and oxygen atoms in total. The number of benzene rings is 2. The molecule has 0 amide bonds. The zero-order valence-corrected chi connectivity index (χ0v) is 18.3. The lowest BCUT2D eigenvalue weighted by Gasteiger charge is -2.43. The minimum absolute atomic E-state index is 0.146. The van der Waals surface area contributed by atoms with E-state index in [-0.39, 0.29) is 18.0 Å². The number of aliphatic hydroxyl groups is 1. The van der Waals surface area contributed by atoms with Crippen LogP contribution >= 0.6 is 11.6 Å². The lowest BCUT2D eigenvalue weighted by Crippen LogP contribution is -2.48. The fourth-order valence-electron chi connectivity index (χ4n) is 4.37. The second-order valence-electron chi connectivity index (χ2n) is 7.95. The molecule has 158 valence electrons. The van der Waals surface area contributed by atoms with Gasteiger partial charge in [-0.15, -0.1) is 0 Å². The predicted molar refractivity (Wildman–Crippen MR) is 118 cm³/mol. The summed E-state index contributed by atoms with van der Waals surface area (Å²) in [6.07, 6.45) is 0.155. The normalized spacial score (nSPS) is 23.8. The molecule has 1 aliphatic rings. The summed E-state index contributed by atoms with van der Waals surface area (Å²) in [6.45, 7) is 4.60. The Kier molecular flexibility index (Phi) is 6.34. The highest BCUT2D eigenvalue weighted by molar-refractivity contribution is 6.30. The second-order valence-corrected chi connectivity index (χ2v) is 8.39. The van der Waals surface area contributed by atoms with Crippen molar-refractivity contribution in [2.45, 2.75) is 38.7 Å². The van der Waals surface area contributed by atoms with Crippen molar-refractivity contribution in [3.8, 4) is 5.75 Å². The SMILES string of the molecule is COc1ccc(NC2=C(C(C)=O)[C@H](c3ccc(Cl)cc3)[C@H](C(C)=O)[C@](C)(O)C2)cc1. The van der Waals surface area contributed by atoms with Crippen molar-refractivity contribution in [1.29, 1.82) is 0 Å². The van der Waals surface area contributed by atoms with E-state index >= 15 is 0 Å². The monoisotopic (exact) mass is 427 g/mol. The molecule has 0 unspecified atom stereocenters. The summed E-state index contributed by atoms with van der Waals surface area (Å²) in [6, 6.07) is 14.4. The van der Waals surface area contributed by atoms with Crippen LogP contribution in [0.25, 0.3) is 0 Å². The summed E-state index contributed by atoms with van der Waals surface area (Å²) < 4.78 is 5.19. The van der Waals surface area contributed by atoms with E-state index in [0.717, 1.165) is 11.3 Å². The first-order chi connectivity index (χ1) is 14.1. The van der Waals surface area contributed by atoms with Crippen LogP contribution in [0.1, 0.15) is 38.7 Å². The number of hydrogen-bond acceptors (Lipinski definition) is 5. The van der Waals surface area contributed by atoms with E-state index in [1.54, 1.807) is 38.3 Å². The van der Waals surface area contributed by atoms with Gasteiger partial charge in [-0.25, -0.2) is 0 Å². The molecule has 30 heavy (non-hydrogen) atoms. The fourth-order valence-corrected chi connectivity index (χ4v) is 4.50. The van der Waals surface area contributed by atoms with E-state index in [1.165, 1.54) is 13.8 Å². The molecule has 3 atom stereocenters. The Morgan fingerprint density at radius 2 is 1.70 bits per heavy atom. The highest BCUT2D eigenvalue weighted by Gasteiger charge is 2.49. The van der Waals surface area contributed by atoms with E-state index in [4.69, 9.17) is 16.3 Å². The number of carbonyl (C=O) groups excluding carboxylic acids is 2. The van der Waals surface area contributed by atoms with Crippen molar-refractivity contribution in [2.75, 3.05) is 12.4 Å². The average Bonchev–Trinajstić information content (AvgIpc) is 2.67. The molecule has 0 aromatic heterocycles. The van der Waals surface area contributed by atoms with Gasteiger partial charge in [0.2, 0.25) is 0 Å². The highest BCUT2D eigenvalue weighted by Crippen LogP contribution is 2.47. The molecule has 2 aromatic rings. The molecular weight excluding hydrogens is 402 g/mol. The molecule has 2 aromatic carbocycles. The Morgan fingerprint density at radius 3 is 2.20 bits per heavy atom. The highest BCUT2D eigenvalue weighted by atomic mass is 35.5. The molecule has 0 aliphatic heterocycles. The summed E-state index contributed by atoms with van der Waals surface area (Å²) in [5.41, 5.74) is 1.30. The van der Waals surface area contributed by atoms with Crippen molar-refractivity contribution in [3.05, 3.63) is 70.4 Å². The van der Waals surface area contributed by atoms with Crippen molar-refractivity contribution in [2.24, 2.45) is 5.92 Å². The van der Waals surface area contributed by atoms with Crippen LogP contribution < -0.4 is 10.1 Å². The van der Waals surface area contributed by atoms with E-state index in [9.17, 15) is 14.7 Å². The molecule has 3 rings (SSSR count). The number of Topliss-reactive ketones (excluding diaryl/α,β-unsaturated/α-hetero) is 2. The average molecular weight is 428 g/mol. The van der Waals surface area contributed by atoms with E-state index in [1.807, 2.05) is 24.3 Å². The van der Waals surface area contributed by atoms with Crippen molar-refractivity contribution < 1.29 is 19.4 Å². The number of rotatable bonds is 6. The van der Waals surface area contributed by atoms with Crippen LogP contribution in [0, 0.1) is 5.92 Å². The maximum absolute atomic E-state index is 12.8. The van der Waals surface area contributed by atoms with E-state index in [2.05, 4.69) is 5.32 Å². The van der Waals surface area contributed by atoms with E-state index in [0.29, 0.717) is 22.0 Å². The molecule has 6 heteroatoms. The van der Waals surface area contributed by atoms with Crippen LogP contribution in [0.15, 0.2) is 59.8 Å². The molecule has 0 heterocycles. The molecule has 0 saturated carbocycles. The number of hydrogen-bond donors (Lipinski definition) is 2. The van der Waals surface area contributed by atoms with Crippen molar-refractivity contribution in [3.63, 3.8) is 0 Å². The largest absolute Gasteiger partial charge is 0.497 e. The molecule has 0 radical (unpaired) electrons. The van der Waals surface area contributed by atoms with Gasteiger partial charge in [0.1, 0.15) is 11.5 Å². The predicted octanol–water partition coefficient (Wildman–Crippen LogP) is 4.75. The number of allylic oxidation sites excluding steroid dienone is 1. The van der Waals surface area contributed by atoms with Gasteiger partial charge in [-0.1, -0.05) is 23.7 Å². The lowest BCUT2D eigenvalue weighted by molar-refractivity contribution is -0.131. The number of halogens is 1. The lowest BCUT2D eigenvalue weighted by atomic mass is 9.64. The Hall–Kier alpha value is -2.63. The van der Waals surface area contributed by atoms with Crippen LogP contribution in [0.3, 0.4) is 0 Å². The summed E-state index contributed by atoms with van der Waals surface area (Å²) in [5.74, 6) is -0.927. The van der Waals surface area contributed by atoms with Gasteiger partial charge in [0.25, 0.3) is 0 Å². The van der Waals surface area contributed by atoms with Gasteiger partial charge in [-0.3, -0.25) is 9.59 Å². The van der Waals surface area contributed by atoms with Gasteiger partial charge in [-0.2, -0.15) is 0 Å². The minimum Gasteiger partial charge on any atom is -0.497 e. The topological polar surface area (TPSA) is 75.6 Å². The maximum atomic E-state index is 12.8. The Balaban J connectivity index is 2.16. The first-order valence-corrected chi connectivity index (χ1v) is 10.1. The molecule has 2 N–H and O–H groups in total. The van der Waals surface area contributed by atoms with Crippen LogP contribution in [0.2, 0.25) is 5.02 Å². The van der Waals surface area contributed by atoms with Crippen molar-refractivity contribution >= 4 is 28.9 Å². The standard InChI is InChI=1S/C24H26ClNO4/c1-14(27)21-20(26-18-9-11-19(30-4)12-10-18)13-24(3,29)23(15(2)28)22(21)16-5-7-17(25)8-6-16/h5-12,22-23,26,29H,13H2,1-4H3/t22-,23-,24+/m0/s1. The van der Waals surface area contributed by atoms with Gasteiger partial charge in [0, 0.05) is 34.3 Å². The van der Waals surface area contributed by atoms with Gasteiger partial charge in [0.05, 0.1) is 18.6 Å². The van der Waals surface area contributed by atoms with Crippen LogP contribution in [0.4, 0.5) is 5.69 Å². The van der Waals surface area contributed by atoms with Gasteiger partial charge < -0.3 is 15.2 Å².